The van der Waals surface area contributed by atoms with Crippen molar-refractivity contribution in [2.75, 3.05) is 13.2 Å². The van der Waals surface area contributed by atoms with E-state index >= 15 is 9.59 Å². The number of hydrogen-bond acceptors (Lipinski definition) is 20. The van der Waals surface area contributed by atoms with Crippen molar-refractivity contribution in [2.45, 2.75) is 126 Å². The maximum Gasteiger partial charge on any atom is 0.338 e. The Morgan fingerprint density at radius 3 is 1.26 bits per heavy atom. The smallest absolute Gasteiger partial charge is 0.338 e. The largest absolute Gasteiger partial charge is 0.459 e. The summed E-state index contributed by atoms with van der Waals surface area (Å²) in [6, 6.07) is 54.2. The van der Waals surface area contributed by atoms with Crippen LogP contribution in [0, 0.1) is 0 Å². The van der Waals surface area contributed by atoms with Crippen LogP contribution in [-0.4, -0.2) is 152 Å². The topological polar surface area (TPSA) is 243 Å². The molecule has 7 aromatic carbocycles. The monoisotopic (exact) mass is 1280 g/mol. The van der Waals surface area contributed by atoms with E-state index in [2.05, 4.69) is 6.58 Å². The molecule has 94 heavy (non-hydrogen) atoms. The van der Waals surface area contributed by atoms with Crippen molar-refractivity contribution >= 4 is 41.7 Å². The van der Waals surface area contributed by atoms with Crippen molar-refractivity contribution in [1.82, 2.24) is 4.90 Å². The summed E-state index contributed by atoms with van der Waals surface area (Å²) in [6.45, 7) is 7.41. The Kier molecular flexibility index (Phi) is 21.7. The van der Waals surface area contributed by atoms with Crippen LogP contribution in [0.1, 0.15) is 94.0 Å². The van der Waals surface area contributed by atoms with Gasteiger partial charge in [-0.2, -0.15) is 0 Å². The third-order valence-electron chi connectivity index (χ3n) is 16.2. The first kappa shape index (κ1) is 65.9. The van der Waals surface area contributed by atoms with Gasteiger partial charge in [0.2, 0.25) is 0 Å². The lowest BCUT2D eigenvalue weighted by atomic mass is 9.93. The number of rotatable bonds is 24. The molecule has 0 aromatic heterocycles. The van der Waals surface area contributed by atoms with E-state index in [0.29, 0.717) is 5.56 Å². The fourth-order valence-corrected chi connectivity index (χ4v) is 11.7. The SMILES string of the molecule is C=CCO[C@@H]1O[C@@H](C)[C@H](OCc2ccccc2)[C@@H](O[C@@H]2O[C@@H](C)[C@H](OCc3ccccc3)[C@@H](O[C@@H]3O[C@H](COC(=O)c4ccccc4)[C@@H](OC(=O)c4ccccc4)[C@H](OC(=O)c4ccccc4)[C@H]3N3C(=O)c4ccccc4C3=O)[C@H]2OC(C)=O)[C@H]1OC(=O)c1ccccc1. The number of hydrogen-bond donors (Lipinski definition) is 0. The number of amides is 2. The highest BCUT2D eigenvalue weighted by molar-refractivity contribution is 6.21. The van der Waals surface area contributed by atoms with Crippen LogP contribution < -0.4 is 0 Å². The molecule has 4 aliphatic rings. The highest BCUT2D eigenvalue weighted by Gasteiger charge is 2.61. The molecular weight excluding hydrogens is 1210 g/mol. The highest BCUT2D eigenvalue weighted by Crippen LogP contribution is 2.41. The van der Waals surface area contributed by atoms with Crippen LogP contribution in [0.5, 0.6) is 0 Å². The summed E-state index contributed by atoms with van der Waals surface area (Å²) in [7, 11) is 0. The van der Waals surface area contributed by atoms with Crippen LogP contribution in [0.2, 0.25) is 0 Å². The van der Waals surface area contributed by atoms with Gasteiger partial charge < -0.3 is 61.6 Å². The highest BCUT2D eigenvalue weighted by atomic mass is 16.8. The molecule has 2 amide bonds. The molecule has 4 aliphatic heterocycles. The minimum absolute atomic E-state index is 0.00471. The van der Waals surface area contributed by atoms with Crippen molar-refractivity contribution in [3.63, 3.8) is 0 Å². The summed E-state index contributed by atoms with van der Waals surface area (Å²) in [5.41, 5.74) is 1.72. The summed E-state index contributed by atoms with van der Waals surface area (Å²) in [6.07, 6.45) is -19.8. The molecule has 0 saturated carbocycles. The molecular formula is C73H69NO20. The second-order valence-electron chi connectivity index (χ2n) is 22.6. The van der Waals surface area contributed by atoms with Gasteiger partial charge in [0.15, 0.2) is 43.3 Å². The quantitative estimate of drug-likeness (QED) is 0.0237. The van der Waals surface area contributed by atoms with E-state index < -0.39 is 140 Å². The van der Waals surface area contributed by atoms with E-state index in [-0.39, 0.29) is 53.2 Å². The minimum atomic E-state index is -2.04. The molecule has 0 radical (unpaired) electrons. The van der Waals surface area contributed by atoms with E-state index in [9.17, 15) is 24.0 Å². The van der Waals surface area contributed by atoms with Gasteiger partial charge in [0.1, 0.15) is 43.2 Å². The zero-order chi connectivity index (χ0) is 65.7. The normalized spacial score (nSPS) is 26.5. The molecule has 3 saturated heterocycles. The van der Waals surface area contributed by atoms with E-state index in [1.54, 1.807) is 111 Å². The predicted molar refractivity (Wildman–Crippen MR) is 333 cm³/mol. The molecule has 3 fully saturated rings. The number of esters is 5. The van der Waals surface area contributed by atoms with Gasteiger partial charge in [-0.25, -0.2) is 19.2 Å². The Balaban J connectivity index is 1.06. The van der Waals surface area contributed by atoms with Crippen molar-refractivity contribution in [2.24, 2.45) is 0 Å². The molecule has 0 bridgehead atoms. The fraction of sp³-hybridized carbons (Fsp3) is 0.301. The van der Waals surface area contributed by atoms with Crippen LogP contribution >= 0.6 is 0 Å². The van der Waals surface area contributed by atoms with Gasteiger partial charge in [0, 0.05) is 6.92 Å². The van der Waals surface area contributed by atoms with Gasteiger partial charge >= 0.3 is 29.8 Å². The van der Waals surface area contributed by atoms with E-state index in [1.807, 2.05) is 60.7 Å². The Morgan fingerprint density at radius 2 is 0.809 bits per heavy atom. The van der Waals surface area contributed by atoms with Gasteiger partial charge in [-0.1, -0.05) is 152 Å². The van der Waals surface area contributed by atoms with Gasteiger partial charge in [-0.05, 0) is 85.6 Å². The van der Waals surface area contributed by atoms with Gasteiger partial charge in [-0.15, -0.1) is 6.58 Å². The maximum absolute atomic E-state index is 15.3. The standard InChI is InChI=1S/C73H69NO20/c1-5-40-82-72-63(92-70(81)52-36-22-11-23-37-52)61(57(44(2)86-72)83-41-47-26-12-6-13-27-47)94-73-64(88-46(4)75)62(58(45(3)87-73)84-42-48-28-14-7-15-29-48)93-71-56(74-65(76)53-38-24-25-39-54(53)66(74)77)60(91-69(80)51-34-20-10-21-35-51)59(90-68(79)50-32-18-9-19-33-50)55(89-71)43-85-67(78)49-30-16-8-17-31-49/h5-39,44-45,55-64,71-73H,1,40-43H2,2-4H3/t44-,45-,55+,56+,57-,58-,59+,60+,61+,62+,63+,64+,71-,72+,73-/m0/s1. The summed E-state index contributed by atoms with van der Waals surface area (Å²) >= 11 is 0. The average molecular weight is 1280 g/mol. The number of fused-ring (bicyclic) bond motifs is 1. The molecule has 4 heterocycles. The van der Waals surface area contributed by atoms with Crippen LogP contribution in [0.25, 0.3) is 0 Å². The third kappa shape index (κ3) is 15.4. The summed E-state index contributed by atoms with van der Waals surface area (Å²) < 4.78 is 86.1. The molecule has 0 unspecified atom stereocenters. The van der Waals surface area contributed by atoms with Crippen LogP contribution in [-0.2, 0) is 79.6 Å². The summed E-state index contributed by atoms with van der Waals surface area (Å²) in [5.74, 6) is -6.26. The van der Waals surface area contributed by atoms with Gasteiger partial charge in [0.05, 0.1) is 65.4 Å². The van der Waals surface area contributed by atoms with E-state index in [0.717, 1.165) is 17.4 Å². The first-order valence-corrected chi connectivity index (χ1v) is 30.7. The van der Waals surface area contributed by atoms with Crippen molar-refractivity contribution in [3.05, 3.63) is 263 Å². The van der Waals surface area contributed by atoms with Gasteiger partial charge in [0.25, 0.3) is 11.8 Å². The molecule has 486 valence electrons. The second-order valence-corrected chi connectivity index (χ2v) is 22.6. The number of benzene rings is 7. The second kappa shape index (κ2) is 30.9. The summed E-state index contributed by atoms with van der Waals surface area (Å²) in [5, 5.41) is 0. The predicted octanol–water partition coefficient (Wildman–Crippen LogP) is 9.48. The van der Waals surface area contributed by atoms with Crippen LogP contribution in [0.15, 0.2) is 219 Å². The summed E-state index contributed by atoms with van der Waals surface area (Å²) in [4.78, 5) is 103. The average Bonchev–Trinajstić information content (AvgIpc) is 1.42. The Labute approximate surface area is 542 Å². The molecule has 0 N–H and O–H groups in total. The van der Waals surface area contributed by atoms with Gasteiger partial charge in [-0.3, -0.25) is 19.3 Å². The number of carbonyl (C=O) groups excluding carboxylic acids is 7. The zero-order valence-corrected chi connectivity index (χ0v) is 51.5. The molecule has 21 heteroatoms. The first-order valence-electron chi connectivity index (χ1n) is 30.7. The van der Waals surface area contributed by atoms with Crippen LogP contribution in [0.3, 0.4) is 0 Å². The lowest BCUT2D eigenvalue weighted by Crippen LogP contribution is -2.70. The lowest BCUT2D eigenvalue weighted by molar-refractivity contribution is -0.377. The molecule has 15 atom stereocenters. The Bertz CT molecular complexity index is 3700. The molecule has 7 aromatic rings. The Morgan fingerprint density at radius 1 is 0.426 bits per heavy atom. The number of carbonyl (C=O) groups is 7. The molecule has 21 nitrogen and oxygen atoms in total. The maximum atomic E-state index is 15.3. The van der Waals surface area contributed by atoms with Crippen molar-refractivity contribution < 1.29 is 95.1 Å². The van der Waals surface area contributed by atoms with Crippen LogP contribution in [0.4, 0.5) is 0 Å². The fourth-order valence-electron chi connectivity index (χ4n) is 11.7. The third-order valence-corrected chi connectivity index (χ3v) is 16.2. The number of ether oxygens (including phenoxy) is 13. The number of nitrogens with zero attached hydrogens (tertiary/aromatic N) is 1. The van der Waals surface area contributed by atoms with E-state index in [1.165, 1.54) is 54.6 Å². The lowest BCUT2D eigenvalue weighted by Gasteiger charge is -2.51. The molecule has 0 aliphatic carbocycles. The van der Waals surface area contributed by atoms with Crippen molar-refractivity contribution in [3.8, 4) is 0 Å². The molecule has 11 rings (SSSR count). The van der Waals surface area contributed by atoms with E-state index in [4.69, 9.17) is 61.6 Å². The number of imide groups is 1. The Hall–Kier alpha value is -9.55. The first-order chi connectivity index (χ1) is 45.7. The minimum Gasteiger partial charge on any atom is -0.459 e. The molecule has 0 spiro atoms. The zero-order valence-electron chi connectivity index (χ0n) is 51.5. The van der Waals surface area contributed by atoms with Crippen molar-refractivity contribution in [1.29, 1.82) is 0 Å².